The molecule has 1 nitrogen and oxygen atoms in total. The van der Waals surface area contributed by atoms with Gasteiger partial charge in [0.15, 0.2) is 0 Å². The monoisotopic (exact) mass is 323 g/mol. The number of nitrogens with one attached hydrogen (secondary N) is 1. The first-order valence-corrected chi connectivity index (χ1v) is 8.48. The Bertz CT molecular complexity index is 383. The van der Waals surface area contributed by atoms with E-state index in [1.54, 1.807) is 0 Å². The van der Waals surface area contributed by atoms with Gasteiger partial charge in [0, 0.05) is 16.6 Å². The van der Waals surface area contributed by atoms with Gasteiger partial charge < -0.3 is 5.32 Å². The first-order chi connectivity index (χ1) is 9.18. The average molecular weight is 324 g/mol. The lowest BCUT2D eigenvalue weighted by atomic mass is 9.92. The van der Waals surface area contributed by atoms with Crippen molar-refractivity contribution in [3.63, 3.8) is 0 Å². The zero-order chi connectivity index (χ0) is 13.7. The first-order valence-electron chi connectivity index (χ1n) is 7.69. The largest absolute Gasteiger partial charge is 0.307 e. The summed E-state index contributed by atoms with van der Waals surface area (Å²) < 4.78 is 1.21. The Labute approximate surface area is 126 Å². The third-order valence-electron chi connectivity index (χ3n) is 4.49. The van der Waals surface area contributed by atoms with E-state index in [9.17, 15) is 0 Å². The van der Waals surface area contributed by atoms with Crippen LogP contribution in [0, 0.1) is 5.92 Å². The van der Waals surface area contributed by atoms with Crippen molar-refractivity contribution >= 4 is 15.9 Å². The van der Waals surface area contributed by atoms with Crippen LogP contribution < -0.4 is 5.32 Å². The molecule has 1 fully saturated rings. The number of rotatable bonds is 4. The van der Waals surface area contributed by atoms with Gasteiger partial charge in [0.2, 0.25) is 0 Å². The van der Waals surface area contributed by atoms with Crippen LogP contribution in [0.5, 0.6) is 0 Å². The van der Waals surface area contributed by atoms with Gasteiger partial charge in [-0.1, -0.05) is 59.8 Å². The van der Waals surface area contributed by atoms with Crippen LogP contribution >= 0.6 is 15.9 Å². The van der Waals surface area contributed by atoms with Gasteiger partial charge in [0.05, 0.1) is 0 Å². The van der Waals surface area contributed by atoms with Gasteiger partial charge in [-0.05, 0) is 44.2 Å². The van der Waals surface area contributed by atoms with Crippen LogP contribution in [-0.2, 0) is 0 Å². The molecule has 1 aromatic rings. The van der Waals surface area contributed by atoms with E-state index < -0.39 is 0 Å². The van der Waals surface area contributed by atoms with Crippen molar-refractivity contribution < 1.29 is 0 Å². The van der Waals surface area contributed by atoms with E-state index in [-0.39, 0.29) is 0 Å². The molecular weight excluding hydrogens is 298 g/mol. The lowest BCUT2D eigenvalue weighted by Gasteiger charge is -2.27. The average Bonchev–Trinajstić information content (AvgIpc) is 2.68. The number of halogens is 1. The van der Waals surface area contributed by atoms with E-state index in [2.05, 4.69) is 59.4 Å². The lowest BCUT2D eigenvalue weighted by Crippen LogP contribution is -2.35. The molecule has 1 N–H and O–H groups in total. The van der Waals surface area contributed by atoms with Crippen LogP contribution in [0.3, 0.4) is 0 Å². The molecule has 1 aliphatic carbocycles. The van der Waals surface area contributed by atoms with Gasteiger partial charge in [-0.25, -0.2) is 0 Å². The molecule has 0 bridgehead atoms. The zero-order valence-corrected chi connectivity index (χ0v) is 13.7. The van der Waals surface area contributed by atoms with Gasteiger partial charge in [-0.2, -0.15) is 0 Å². The van der Waals surface area contributed by atoms with E-state index in [0.717, 1.165) is 5.92 Å². The molecule has 0 aliphatic heterocycles. The Kier molecular flexibility index (Phi) is 5.90. The van der Waals surface area contributed by atoms with Crippen LogP contribution in [0.4, 0.5) is 0 Å². The normalized spacial score (nSPS) is 20.8. The zero-order valence-electron chi connectivity index (χ0n) is 12.2. The molecule has 0 aromatic heterocycles. The van der Waals surface area contributed by atoms with E-state index >= 15 is 0 Å². The Morgan fingerprint density at radius 1 is 1.05 bits per heavy atom. The summed E-state index contributed by atoms with van der Waals surface area (Å²) in [5.41, 5.74) is 1.36. The van der Waals surface area contributed by atoms with Crippen molar-refractivity contribution in [3.05, 3.63) is 34.3 Å². The molecular formula is C17H26BrN. The lowest BCUT2D eigenvalue weighted by molar-refractivity contribution is 0.316. The second-order valence-corrected chi connectivity index (χ2v) is 6.80. The molecule has 0 saturated heterocycles. The minimum Gasteiger partial charge on any atom is -0.307 e. The molecule has 1 unspecified atom stereocenters. The molecule has 0 radical (unpaired) electrons. The maximum absolute atomic E-state index is 3.80. The third kappa shape index (κ3) is 4.32. The van der Waals surface area contributed by atoms with Crippen molar-refractivity contribution in [1.82, 2.24) is 5.32 Å². The van der Waals surface area contributed by atoms with Crippen molar-refractivity contribution in [2.24, 2.45) is 5.92 Å². The highest BCUT2D eigenvalue weighted by Gasteiger charge is 2.21. The fraction of sp³-hybridized carbons (Fsp3) is 0.647. The highest BCUT2D eigenvalue weighted by atomic mass is 79.9. The summed E-state index contributed by atoms with van der Waals surface area (Å²) in [4.78, 5) is 0. The Hall–Kier alpha value is -0.340. The van der Waals surface area contributed by atoms with Gasteiger partial charge >= 0.3 is 0 Å². The summed E-state index contributed by atoms with van der Waals surface area (Å²) in [6.07, 6.45) is 8.50. The van der Waals surface area contributed by atoms with Gasteiger partial charge in [0.1, 0.15) is 0 Å². The first kappa shape index (κ1) is 15.1. The topological polar surface area (TPSA) is 12.0 Å². The summed E-state index contributed by atoms with van der Waals surface area (Å²) >= 11 is 3.66. The predicted molar refractivity (Wildman–Crippen MR) is 86.3 cm³/mol. The SMILES string of the molecule is CC(N[C@@H](C)C1CCCCCC1)c1ccccc1Br. The molecule has 2 heteroatoms. The van der Waals surface area contributed by atoms with E-state index in [1.807, 2.05) is 0 Å². The quantitative estimate of drug-likeness (QED) is 0.725. The molecule has 2 rings (SSSR count). The van der Waals surface area contributed by atoms with E-state index in [0.29, 0.717) is 12.1 Å². The van der Waals surface area contributed by atoms with Crippen LogP contribution in [-0.4, -0.2) is 6.04 Å². The summed E-state index contributed by atoms with van der Waals surface area (Å²) in [6.45, 7) is 4.64. The number of benzene rings is 1. The van der Waals surface area contributed by atoms with Gasteiger partial charge in [-0.3, -0.25) is 0 Å². The molecule has 1 saturated carbocycles. The molecule has 1 aromatic carbocycles. The third-order valence-corrected chi connectivity index (χ3v) is 5.21. The number of hydrogen-bond donors (Lipinski definition) is 1. The maximum atomic E-state index is 3.80. The smallest absolute Gasteiger partial charge is 0.0305 e. The molecule has 1 aliphatic rings. The molecule has 0 heterocycles. The molecule has 106 valence electrons. The second-order valence-electron chi connectivity index (χ2n) is 5.95. The van der Waals surface area contributed by atoms with Crippen molar-refractivity contribution in [2.45, 2.75) is 64.5 Å². The van der Waals surface area contributed by atoms with Gasteiger partial charge in [0.25, 0.3) is 0 Å². The summed E-state index contributed by atoms with van der Waals surface area (Å²) in [7, 11) is 0. The summed E-state index contributed by atoms with van der Waals surface area (Å²) in [6, 6.07) is 9.56. The van der Waals surface area contributed by atoms with Crippen LogP contribution in [0.1, 0.15) is 64.0 Å². The molecule has 0 spiro atoms. The fourth-order valence-corrected chi connectivity index (χ4v) is 3.89. The highest BCUT2D eigenvalue weighted by Crippen LogP contribution is 2.28. The molecule has 0 amide bonds. The van der Waals surface area contributed by atoms with Crippen molar-refractivity contribution in [3.8, 4) is 0 Å². The van der Waals surface area contributed by atoms with Crippen LogP contribution in [0.2, 0.25) is 0 Å². The number of hydrogen-bond acceptors (Lipinski definition) is 1. The highest BCUT2D eigenvalue weighted by molar-refractivity contribution is 9.10. The fourth-order valence-electron chi connectivity index (χ4n) is 3.26. The minimum atomic E-state index is 0.411. The van der Waals surface area contributed by atoms with E-state index in [4.69, 9.17) is 0 Å². The summed E-state index contributed by atoms with van der Waals surface area (Å²) in [5.74, 6) is 0.854. The van der Waals surface area contributed by atoms with Crippen LogP contribution in [0.25, 0.3) is 0 Å². The van der Waals surface area contributed by atoms with E-state index in [1.165, 1.54) is 48.6 Å². The maximum Gasteiger partial charge on any atom is 0.0305 e. The van der Waals surface area contributed by atoms with Crippen LogP contribution in [0.15, 0.2) is 28.7 Å². The minimum absolute atomic E-state index is 0.411. The summed E-state index contributed by atoms with van der Waals surface area (Å²) in [5, 5.41) is 3.80. The predicted octanol–water partition coefficient (Wildman–Crippen LogP) is 5.46. The Morgan fingerprint density at radius 3 is 2.32 bits per heavy atom. The second kappa shape index (κ2) is 7.44. The molecule has 2 atom stereocenters. The Morgan fingerprint density at radius 2 is 1.68 bits per heavy atom. The van der Waals surface area contributed by atoms with Crippen molar-refractivity contribution in [2.75, 3.05) is 0 Å². The standard InChI is InChI=1S/C17H26BrN/c1-13(15-9-5-3-4-6-10-15)19-14(2)16-11-7-8-12-17(16)18/h7-8,11-15,19H,3-6,9-10H2,1-2H3/t13-,14?/m0/s1. The van der Waals surface area contributed by atoms with Gasteiger partial charge in [-0.15, -0.1) is 0 Å². The van der Waals surface area contributed by atoms with Crippen molar-refractivity contribution in [1.29, 1.82) is 0 Å². The Balaban J connectivity index is 1.94. The molecule has 19 heavy (non-hydrogen) atoms.